The zero-order valence-electron chi connectivity index (χ0n) is 14.2. The molecule has 0 bridgehead atoms. The summed E-state index contributed by atoms with van der Waals surface area (Å²) in [6.45, 7) is 1.78. The number of sulfone groups is 1. The van der Waals surface area contributed by atoms with Gasteiger partial charge in [0.15, 0.2) is 15.0 Å². The van der Waals surface area contributed by atoms with Crippen LogP contribution in [0, 0.1) is 6.92 Å². The molecule has 1 heterocycles. The van der Waals surface area contributed by atoms with Gasteiger partial charge in [-0.3, -0.25) is 4.72 Å². The predicted octanol–water partition coefficient (Wildman–Crippen LogP) is 2.82. The van der Waals surface area contributed by atoms with Gasteiger partial charge in [-0.25, -0.2) is 21.8 Å². The molecule has 3 rings (SSSR count). The summed E-state index contributed by atoms with van der Waals surface area (Å²) in [7, 11) is -5.87. The molecule has 138 valence electrons. The molecular weight excluding hydrogens is 396 g/mol. The molecule has 0 aliphatic carbocycles. The highest BCUT2D eigenvalue weighted by Crippen LogP contribution is 2.31. The Hall–Kier alpha value is -2.17. The Balaban J connectivity index is 2.02. The van der Waals surface area contributed by atoms with Crippen molar-refractivity contribution >= 4 is 46.5 Å². The Morgan fingerprint density at radius 3 is 2.46 bits per heavy atom. The Kier molecular flexibility index (Phi) is 4.67. The first kappa shape index (κ1) is 18.6. The molecule has 26 heavy (non-hydrogen) atoms. The van der Waals surface area contributed by atoms with Crippen molar-refractivity contribution in [2.75, 3.05) is 18.1 Å². The standard InChI is InChI=1S/C16H16N2O5S3/c1-10-4-7-13(23-2)15(8-10)26(21,22)18-16-17-12-6-5-11(25(3,19)20)9-14(12)24-16/h4-9H,1-3H3,(H,17,18). The fourth-order valence-corrected chi connectivity index (χ4v) is 5.46. The second-order valence-electron chi connectivity index (χ2n) is 5.68. The van der Waals surface area contributed by atoms with Crippen molar-refractivity contribution in [2.24, 2.45) is 0 Å². The number of anilines is 1. The monoisotopic (exact) mass is 412 g/mol. The number of sulfonamides is 1. The summed E-state index contributed by atoms with van der Waals surface area (Å²) < 4.78 is 56.9. The van der Waals surface area contributed by atoms with Crippen LogP contribution < -0.4 is 9.46 Å². The van der Waals surface area contributed by atoms with Crippen molar-refractivity contribution < 1.29 is 21.6 Å². The van der Waals surface area contributed by atoms with Gasteiger partial charge in [-0.1, -0.05) is 17.4 Å². The number of methoxy groups -OCH3 is 1. The minimum atomic E-state index is -3.91. The SMILES string of the molecule is COc1ccc(C)cc1S(=O)(=O)Nc1nc2ccc(S(C)(=O)=O)cc2s1. The molecule has 2 aromatic carbocycles. The maximum atomic E-state index is 12.7. The number of hydrogen-bond donors (Lipinski definition) is 1. The quantitative estimate of drug-likeness (QED) is 0.691. The van der Waals surface area contributed by atoms with Gasteiger partial charge >= 0.3 is 0 Å². The molecule has 0 spiro atoms. The van der Waals surface area contributed by atoms with Crippen LogP contribution in [-0.4, -0.2) is 35.2 Å². The van der Waals surface area contributed by atoms with Crippen LogP contribution >= 0.6 is 11.3 Å². The lowest BCUT2D eigenvalue weighted by molar-refractivity contribution is 0.402. The second kappa shape index (κ2) is 6.53. The van der Waals surface area contributed by atoms with Crippen LogP contribution in [0.5, 0.6) is 5.75 Å². The van der Waals surface area contributed by atoms with Gasteiger partial charge in [-0.2, -0.15) is 0 Å². The lowest BCUT2D eigenvalue weighted by atomic mass is 10.2. The zero-order valence-corrected chi connectivity index (χ0v) is 16.6. The third-order valence-corrected chi connectivity index (χ3v) is 7.15. The number of benzene rings is 2. The number of aromatic nitrogens is 1. The highest BCUT2D eigenvalue weighted by Gasteiger charge is 2.22. The largest absolute Gasteiger partial charge is 0.495 e. The Morgan fingerprint density at radius 2 is 1.81 bits per heavy atom. The zero-order chi connectivity index (χ0) is 19.1. The molecule has 0 aliphatic heterocycles. The van der Waals surface area contributed by atoms with Crippen LogP contribution in [-0.2, 0) is 19.9 Å². The molecule has 0 saturated heterocycles. The topological polar surface area (TPSA) is 102 Å². The minimum absolute atomic E-state index is 0.0103. The van der Waals surface area contributed by atoms with E-state index in [1.165, 1.54) is 25.3 Å². The number of aryl methyl sites for hydroxylation is 1. The predicted molar refractivity (Wildman–Crippen MR) is 101 cm³/mol. The molecule has 3 aromatic rings. The third kappa shape index (κ3) is 3.67. The van der Waals surface area contributed by atoms with Crippen LogP contribution in [0.3, 0.4) is 0 Å². The van der Waals surface area contributed by atoms with Crippen molar-refractivity contribution in [3.05, 3.63) is 42.0 Å². The smallest absolute Gasteiger partial charge is 0.267 e. The first-order valence-electron chi connectivity index (χ1n) is 7.38. The summed E-state index contributed by atoms with van der Waals surface area (Å²) in [6.07, 6.45) is 1.11. The van der Waals surface area contributed by atoms with Crippen molar-refractivity contribution in [1.82, 2.24) is 4.98 Å². The van der Waals surface area contributed by atoms with Crippen LogP contribution in [0.15, 0.2) is 46.2 Å². The number of rotatable bonds is 5. The fraction of sp³-hybridized carbons (Fsp3) is 0.188. The van der Waals surface area contributed by atoms with E-state index in [1.54, 1.807) is 25.1 Å². The number of ether oxygens (including phenoxy) is 1. The van der Waals surface area contributed by atoms with Crippen molar-refractivity contribution in [2.45, 2.75) is 16.7 Å². The van der Waals surface area contributed by atoms with Gasteiger partial charge in [0.05, 0.1) is 22.2 Å². The van der Waals surface area contributed by atoms with Gasteiger partial charge in [0.1, 0.15) is 10.6 Å². The Labute approximate surface area is 155 Å². The molecule has 0 fully saturated rings. The highest BCUT2D eigenvalue weighted by molar-refractivity contribution is 7.93. The molecule has 0 amide bonds. The summed E-state index contributed by atoms with van der Waals surface area (Å²) >= 11 is 1.06. The van der Waals surface area contributed by atoms with Gasteiger partial charge < -0.3 is 4.74 Å². The summed E-state index contributed by atoms with van der Waals surface area (Å²) in [4.78, 5) is 4.38. The number of nitrogens with one attached hydrogen (secondary N) is 1. The van der Waals surface area contributed by atoms with E-state index in [4.69, 9.17) is 4.74 Å². The maximum Gasteiger partial charge on any atom is 0.267 e. The molecule has 0 unspecified atom stereocenters. The Bertz CT molecular complexity index is 1200. The molecule has 0 saturated carbocycles. The van der Waals surface area contributed by atoms with Crippen LogP contribution in [0.25, 0.3) is 10.2 Å². The van der Waals surface area contributed by atoms with Gasteiger partial charge in [0, 0.05) is 6.26 Å². The van der Waals surface area contributed by atoms with Gasteiger partial charge in [-0.15, -0.1) is 0 Å². The van der Waals surface area contributed by atoms with E-state index in [1.807, 2.05) is 0 Å². The number of hydrogen-bond acceptors (Lipinski definition) is 7. The normalized spacial score (nSPS) is 12.3. The van der Waals surface area contributed by atoms with E-state index in [-0.39, 0.29) is 20.7 Å². The van der Waals surface area contributed by atoms with E-state index in [0.29, 0.717) is 10.2 Å². The van der Waals surface area contributed by atoms with Crippen molar-refractivity contribution in [3.63, 3.8) is 0 Å². The number of nitrogens with zero attached hydrogens (tertiary/aromatic N) is 1. The van der Waals surface area contributed by atoms with E-state index in [0.717, 1.165) is 23.2 Å². The van der Waals surface area contributed by atoms with E-state index in [9.17, 15) is 16.8 Å². The van der Waals surface area contributed by atoms with E-state index in [2.05, 4.69) is 9.71 Å². The minimum Gasteiger partial charge on any atom is -0.495 e. The average Bonchev–Trinajstić information content (AvgIpc) is 2.94. The van der Waals surface area contributed by atoms with Crippen LogP contribution in [0.2, 0.25) is 0 Å². The lowest BCUT2D eigenvalue weighted by Gasteiger charge is -2.10. The molecule has 0 radical (unpaired) electrons. The van der Waals surface area contributed by atoms with Gasteiger partial charge in [-0.05, 0) is 42.8 Å². The molecular formula is C16H16N2O5S3. The first-order valence-corrected chi connectivity index (χ1v) is 11.6. The van der Waals surface area contributed by atoms with Gasteiger partial charge in [0.2, 0.25) is 0 Å². The summed E-state index contributed by atoms with van der Waals surface area (Å²) in [6, 6.07) is 9.32. The Morgan fingerprint density at radius 1 is 1.08 bits per heavy atom. The third-order valence-electron chi connectivity index (χ3n) is 3.62. The summed E-state index contributed by atoms with van der Waals surface area (Å²) in [5, 5.41) is 0.147. The van der Waals surface area contributed by atoms with E-state index >= 15 is 0 Å². The maximum absolute atomic E-state index is 12.7. The average molecular weight is 413 g/mol. The number of fused-ring (bicyclic) bond motifs is 1. The van der Waals surface area contributed by atoms with E-state index < -0.39 is 19.9 Å². The molecule has 1 aromatic heterocycles. The molecule has 7 nitrogen and oxygen atoms in total. The van der Waals surface area contributed by atoms with Crippen molar-refractivity contribution in [3.8, 4) is 5.75 Å². The fourth-order valence-electron chi connectivity index (χ4n) is 2.34. The first-order chi connectivity index (χ1) is 12.1. The number of thiazole rings is 1. The second-order valence-corrected chi connectivity index (χ2v) is 10.4. The van der Waals surface area contributed by atoms with Crippen molar-refractivity contribution in [1.29, 1.82) is 0 Å². The van der Waals surface area contributed by atoms with Crippen LogP contribution in [0.1, 0.15) is 5.56 Å². The summed E-state index contributed by atoms with van der Waals surface area (Å²) in [5.74, 6) is 0.226. The lowest BCUT2D eigenvalue weighted by Crippen LogP contribution is -2.14. The molecule has 0 aliphatic rings. The molecule has 0 atom stereocenters. The highest BCUT2D eigenvalue weighted by atomic mass is 32.2. The molecule has 10 heteroatoms. The van der Waals surface area contributed by atoms with Crippen LogP contribution in [0.4, 0.5) is 5.13 Å². The summed E-state index contributed by atoms with van der Waals surface area (Å²) in [5.41, 5.74) is 1.28. The molecule has 1 N–H and O–H groups in total. The van der Waals surface area contributed by atoms with Gasteiger partial charge in [0.25, 0.3) is 10.0 Å².